The van der Waals surface area contributed by atoms with Gasteiger partial charge in [0.25, 0.3) is 5.56 Å². The van der Waals surface area contributed by atoms with Crippen LogP contribution in [0, 0.1) is 6.92 Å². The SMILES string of the molecule is CNCc1ccc(Cn2cnc(C)cc2=O)o1. The van der Waals surface area contributed by atoms with Gasteiger partial charge >= 0.3 is 0 Å². The third-order valence-corrected chi connectivity index (χ3v) is 2.41. The number of aryl methyl sites for hydroxylation is 1. The predicted molar refractivity (Wildman–Crippen MR) is 63.8 cm³/mol. The maximum atomic E-state index is 11.6. The molecule has 0 atom stereocenters. The average Bonchev–Trinajstić information content (AvgIpc) is 2.71. The zero-order chi connectivity index (χ0) is 12.3. The van der Waals surface area contributed by atoms with Crippen LogP contribution in [0.2, 0.25) is 0 Å². The monoisotopic (exact) mass is 233 g/mol. The van der Waals surface area contributed by atoms with Crippen molar-refractivity contribution in [3.63, 3.8) is 0 Å². The van der Waals surface area contributed by atoms with Gasteiger partial charge in [0.1, 0.15) is 11.5 Å². The van der Waals surface area contributed by atoms with Gasteiger partial charge in [-0.2, -0.15) is 0 Å². The molecule has 2 aromatic rings. The van der Waals surface area contributed by atoms with Crippen molar-refractivity contribution in [2.75, 3.05) is 7.05 Å². The van der Waals surface area contributed by atoms with Crippen molar-refractivity contribution in [3.05, 3.63) is 52.1 Å². The number of hydrogen-bond donors (Lipinski definition) is 1. The molecule has 0 fully saturated rings. The highest BCUT2D eigenvalue weighted by atomic mass is 16.3. The molecule has 0 saturated carbocycles. The molecule has 0 aliphatic heterocycles. The third kappa shape index (κ3) is 2.82. The fourth-order valence-electron chi connectivity index (χ4n) is 1.58. The lowest BCUT2D eigenvalue weighted by Crippen LogP contribution is -2.20. The lowest BCUT2D eigenvalue weighted by molar-refractivity contribution is 0.441. The summed E-state index contributed by atoms with van der Waals surface area (Å²) < 4.78 is 7.09. The van der Waals surface area contributed by atoms with Crippen LogP contribution in [-0.2, 0) is 13.1 Å². The first-order chi connectivity index (χ1) is 8.19. The zero-order valence-electron chi connectivity index (χ0n) is 9.93. The number of hydrogen-bond acceptors (Lipinski definition) is 4. The third-order valence-electron chi connectivity index (χ3n) is 2.41. The fourth-order valence-corrected chi connectivity index (χ4v) is 1.58. The fraction of sp³-hybridized carbons (Fsp3) is 0.333. The van der Waals surface area contributed by atoms with Gasteiger partial charge in [-0.15, -0.1) is 0 Å². The van der Waals surface area contributed by atoms with Gasteiger partial charge in [0, 0.05) is 11.8 Å². The minimum atomic E-state index is -0.0657. The smallest absolute Gasteiger partial charge is 0.253 e. The van der Waals surface area contributed by atoms with E-state index in [0.29, 0.717) is 13.1 Å². The average molecular weight is 233 g/mol. The highest BCUT2D eigenvalue weighted by molar-refractivity contribution is 5.08. The first-order valence-corrected chi connectivity index (χ1v) is 5.44. The lowest BCUT2D eigenvalue weighted by Gasteiger charge is -2.02. The molecular weight excluding hydrogens is 218 g/mol. The summed E-state index contributed by atoms with van der Waals surface area (Å²) in [4.78, 5) is 15.7. The van der Waals surface area contributed by atoms with Crippen molar-refractivity contribution in [2.24, 2.45) is 0 Å². The summed E-state index contributed by atoms with van der Waals surface area (Å²) in [7, 11) is 1.86. The van der Waals surface area contributed by atoms with Crippen molar-refractivity contribution in [3.8, 4) is 0 Å². The van der Waals surface area contributed by atoms with Crippen molar-refractivity contribution >= 4 is 0 Å². The van der Waals surface area contributed by atoms with Gasteiger partial charge in [-0.3, -0.25) is 9.36 Å². The molecule has 5 nitrogen and oxygen atoms in total. The molecule has 0 aliphatic carbocycles. The number of nitrogens with one attached hydrogen (secondary N) is 1. The summed E-state index contributed by atoms with van der Waals surface area (Å²) in [6.07, 6.45) is 1.54. The molecule has 0 amide bonds. The second-order valence-electron chi connectivity index (χ2n) is 3.89. The summed E-state index contributed by atoms with van der Waals surface area (Å²) in [6, 6.07) is 5.29. The Labute approximate surface area is 99.1 Å². The molecule has 1 N–H and O–H groups in total. The Bertz CT molecular complexity index is 557. The highest BCUT2D eigenvalue weighted by Crippen LogP contribution is 2.08. The predicted octanol–water partition coefficient (Wildman–Crippen LogP) is 0.912. The Morgan fingerprint density at radius 1 is 1.41 bits per heavy atom. The van der Waals surface area contributed by atoms with Gasteiger partial charge in [0.05, 0.1) is 19.4 Å². The van der Waals surface area contributed by atoms with Crippen LogP contribution >= 0.6 is 0 Å². The van der Waals surface area contributed by atoms with Crippen molar-refractivity contribution in [2.45, 2.75) is 20.0 Å². The van der Waals surface area contributed by atoms with Gasteiger partial charge in [-0.25, -0.2) is 4.98 Å². The number of furan rings is 1. The molecule has 0 aliphatic rings. The van der Waals surface area contributed by atoms with E-state index in [1.54, 1.807) is 6.92 Å². The van der Waals surface area contributed by atoms with E-state index in [9.17, 15) is 4.79 Å². The molecular formula is C12H15N3O2. The summed E-state index contributed by atoms with van der Waals surface area (Å²) in [5.41, 5.74) is 0.658. The molecule has 0 radical (unpaired) electrons. The van der Waals surface area contributed by atoms with Crippen LogP contribution in [0.1, 0.15) is 17.2 Å². The lowest BCUT2D eigenvalue weighted by atomic mass is 10.4. The second kappa shape index (κ2) is 4.97. The maximum absolute atomic E-state index is 11.6. The molecule has 90 valence electrons. The van der Waals surface area contributed by atoms with Crippen LogP contribution in [-0.4, -0.2) is 16.6 Å². The molecule has 0 unspecified atom stereocenters. The van der Waals surface area contributed by atoms with Gasteiger partial charge in [0.2, 0.25) is 0 Å². The molecule has 2 aromatic heterocycles. The topological polar surface area (TPSA) is 60.1 Å². The van der Waals surface area contributed by atoms with E-state index < -0.39 is 0 Å². The minimum absolute atomic E-state index is 0.0657. The highest BCUT2D eigenvalue weighted by Gasteiger charge is 2.04. The van der Waals surface area contributed by atoms with Gasteiger partial charge < -0.3 is 9.73 Å². The van der Waals surface area contributed by atoms with Crippen LogP contribution in [0.4, 0.5) is 0 Å². The zero-order valence-corrected chi connectivity index (χ0v) is 9.93. The molecule has 0 bridgehead atoms. The Kier molecular flexibility index (Phi) is 3.39. The summed E-state index contributed by atoms with van der Waals surface area (Å²) in [5.74, 6) is 1.61. The van der Waals surface area contributed by atoms with Crippen molar-refractivity contribution in [1.82, 2.24) is 14.9 Å². The van der Waals surface area contributed by atoms with E-state index in [2.05, 4.69) is 10.3 Å². The first-order valence-electron chi connectivity index (χ1n) is 5.44. The molecule has 2 heterocycles. The standard InChI is InChI=1S/C12H15N3O2/c1-9-5-12(16)15(8-14-9)7-11-4-3-10(17-11)6-13-2/h3-5,8,13H,6-7H2,1-2H3. The summed E-state index contributed by atoms with van der Waals surface area (Å²) >= 11 is 0. The number of rotatable bonds is 4. The van der Waals surface area contributed by atoms with E-state index in [1.165, 1.54) is 17.0 Å². The molecule has 17 heavy (non-hydrogen) atoms. The van der Waals surface area contributed by atoms with Crippen molar-refractivity contribution < 1.29 is 4.42 Å². The Hall–Kier alpha value is -1.88. The normalized spacial score (nSPS) is 10.7. The van der Waals surface area contributed by atoms with E-state index in [4.69, 9.17) is 4.42 Å². The molecule has 0 spiro atoms. The van der Waals surface area contributed by atoms with E-state index in [0.717, 1.165) is 17.2 Å². The van der Waals surface area contributed by atoms with Crippen LogP contribution in [0.3, 0.4) is 0 Å². The van der Waals surface area contributed by atoms with Gasteiger partial charge in [-0.05, 0) is 26.1 Å². The Morgan fingerprint density at radius 2 is 2.18 bits per heavy atom. The van der Waals surface area contributed by atoms with E-state index in [1.807, 2.05) is 19.2 Å². The number of aromatic nitrogens is 2. The largest absolute Gasteiger partial charge is 0.463 e. The van der Waals surface area contributed by atoms with Gasteiger partial charge in [-0.1, -0.05) is 0 Å². The molecule has 5 heteroatoms. The number of nitrogens with zero attached hydrogens (tertiary/aromatic N) is 2. The first kappa shape index (κ1) is 11.6. The Balaban J connectivity index is 2.16. The van der Waals surface area contributed by atoms with E-state index in [-0.39, 0.29) is 5.56 Å². The van der Waals surface area contributed by atoms with Gasteiger partial charge in [0.15, 0.2) is 0 Å². The minimum Gasteiger partial charge on any atom is -0.463 e. The molecule has 0 aromatic carbocycles. The summed E-state index contributed by atoms with van der Waals surface area (Å²) in [6.45, 7) is 2.89. The Morgan fingerprint density at radius 3 is 2.88 bits per heavy atom. The molecule has 0 saturated heterocycles. The maximum Gasteiger partial charge on any atom is 0.253 e. The van der Waals surface area contributed by atoms with Crippen LogP contribution in [0.5, 0.6) is 0 Å². The van der Waals surface area contributed by atoms with E-state index >= 15 is 0 Å². The van der Waals surface area contributed by atoms with Crippen LogP contribution < -0.4 is 10.9 Å². The quantitative estimate of drug-likeness (QED) is 0.852. The van der Waals surface area contributed by atoms with Crippen LogP contribution in [0.15, 0.2) is 33.7 Å². The summed E-state index contributed by atoms with van der Waals surface area (Å²) in [5, 5.41) is 3.01. The second-order valence-corrected chi connectivity index (χ2v) is 3.89. The van der Waals surface area contributed by atoms with Crippen molar-refractivity contribution in [1.29, 1.82) is 0 Å². The molecule has 2 rings (SSSR count). The van der Waals surface area contributed by atoms with Crippen LogP contribution in [0.25, 0.3) is 0 Å².